The summed E-state index contributed by atoms with van der Waals surface area (Å²) in [6.07, 6.45) is 4.18. The molecule has 1 aromatic carbocycles. The molecule has 3 rings (SSSR count). The maximum atomic E-state index is 12.0. The highest BCUT2D eigenvalue weighted by Gasteiger charge is 2.20. The van der Waals surface area contributed by atoms with Gasteiger partial charge in [-0.1, -0.05) is 43.0 Å². The quantitative estimate of drug-likeness (QED) is 0.474. The number of nitrogens with one attached hydrogen (secondary N) is 1. The van der Waals surface area contributed by atoms with Gasteiger partial charge >= 0.3 is 0 Å². The van der Waals surface area contributed by atoms with Gasteiger partial charge in [-0.05, 0) is 31.0 Å². The molecule has 0 aliphatic heterocycles. The lowest BCUT2D eigenvalue weighted by atomic mass is 10.1. The van der Waals surface area contributed by atoms with Crippen LogP contribution in [-0.2, 0) is 11.2 Å². The zero-order chi connectivity index (χ0) is 19.2. The van der Waals surface area contributed by atoms with Crippen molar-refractivity contribution in [3.63, 3.8) is 0 Å². The van der Waals surface area contributed by atoms with Crippen LogP contribution in [0.4, 0.5) is 0 Å². The van der Waals surface area contributed by atoms with Gasteiger partial charge < -0.3 is 9.73 Å². The highest BCUT2D eigenvalue weighted by atomic mass is 32.2. The van der Waals surface area contributed by atoms with E-state index >= 15 is 0 Å². The maximum absolute atomic E-state index is 12.0. The Hall–Kier alpha value is -2.80. The number of aryl methyl sites for hydroxylation is 2. The van der Waals surface area contributed by atoms with Crippen molar-refractivity contribution in [3.05, 3.63) is 60.6 Å². The Morgan fingerprint density at radius 1 is 1.33 bits per heavy atom. The van der Waals surface area contributed by atoms with E-state index in [-0.39, 0.29) is 11.7 Å². The molecule has 0 atom stereocenters. The van der Waals surface area contributed by atoms with E-state index in [1.165, 1.54) is 17.3 Å². The molecule has 0 radical (unpaired) electrons. The van der Waals surface area contributed by atoms with Gasteiger partial charge in [-0.2, -0.15) is 0 Å². The number of nitrogens with zero attached hydrogens (tertiary/aromatic N) is 3. The number of thioether (sulfide) groups is 1. The molecule has 0 aliphatic carbocycles. The SMILES string of the molecule is C=CCNC(=O)CSc1nnc(-c2ccoc2C)n1-c1ccccc1CC. The summed E-state index contributed by atoms with van der Waals surface area (Å²) in [7, 11) is 0. The highest BCUT2D eigenvalue weighted by molar-refractivity contribution is 7.99. The predicted molar refractivity (Wildman–Crippen MR) is 107 cm³/mol. The highest BCUT2D eigenvalue weighted by Crippen LogP contribution is 2.31. The fourth-order valence-corrected chi connectivity index (χ4v) is 3.54. The summed E-state index contributed by atoms with van der Waals surface area (Å²) in [5.74, 6) is 1.67. The molecule has 7 heteroatoms. The molecule has 0 fully saturated rings. The van der Waals surface area contributed by atoms with Crippen molar-refractivity contribution < 1.29 is 9.21 Å². The van der Waals surface area contributed by atoms with E-state index in [9.17, 15) is 4.79 Å². The summed E-state index contributed by atoms with van der Waals surface area (Å²) in [5.41, 5.74) is 3.07. The number of rotatable bonds is 8. The van der Waals surface area contributed by atoms with Crippen LogP contribution < -0.4 is 5.32 Å². The molecule has 140 valence electrons. The van der Waals surface area contributed by atoms with Gasteiger partial charge in [-0.15, -0.1) is 16.8 Å². The standard InChI is InChI=1S/C20H22N4O2S/c1-4-11-21-18(25)13-27-20-23-22-19(16-10-12-26-14(16)3)24(20)17-9-7-6-8-15(17)5-2/h4,6-10,12H,1,5,11,13H2,2-3H3,(H,21,25). The Labute approximate surface area is 162 Å². The van der Waals surface area contributed by atoms with Gasteiger partial charge in [0.2, 0.25) is 5.91 Å². The van der Waals surface area contributed by atoms with Crippen LogP contribution in [0.2, 0.25) is 0 Å². The van der Waals surface area contributed by atoms with E-state index in [4.69, 9.17) is 4.42 Å². The van der Waals surface area contributed by atoms with Crippen LogP contribution in [0.3, 0.4) is 0 Å². The number of aromatic nitrogens is 3. The summed E-state index contributed by atoms with van der Waals surface area (Å²) >= 11 is 1.36. The Balaban J connectivity index is 2.02. The van der Waals surface area contributed by atoms with E-state index < -0.39 is 0 Å². The van der Waals surface area contributed by atoms with Crippen LogP contribution in [0.5, 0.6) is 0 Å². The van der Waals surface area contributed by atoms with Crippen molar-refractivity contribution in [1.82, 2.24) is 20.1 Å². The van der Waals surface area contributed by atoms with E-state index in [0.717, 1.165) is 23.4 Å². The van der Waals surface area contributed by atoms with Gasteiger partial charge in [0.15, 0.2) is 11.0 Å². The smallest absolute Gasteiger partial charge is 0.230 e. The Morgan fingerprint density at radius 3 is 2.85 bits per heavy atom. The summed E-state index contributed by atoms with van der Waals surface area (Å²) in [5, 5.41) is 12.2. The molecule has 3 aromatic rings. The van der Waals surface area contributed by atoms with Crippen molar-refractivity contribution in [2.75, 3.05) is 12.3 Å². The number of carbonyl (C=O) groups is 1. The lowest BCUT2D eigenvalue weighted by Crippen LogP contribution is -2.25. The second kappa shape index (κ2) is 8.73. The minimum Gasteiger partial charge on any atom is -0.469 e. The van der Waals surface area contributed by atoms with Crippen LogP contribution in [0, 0.1) is 6.92 Å². The van der Waals surface area contributed by atoms with Crippen LogP contribution in [0.25, 0.3) is 17.1 Å². The summed E-state index contributed by atoms with van der Waals surface area (Å²) in [6, 6.07) is 10.0. The molecule has 0 unspecified atom stereocenters. The van der Waals surface area contributed by atoms with E-state index in [1.807, 2.05) is 35.8 Å². The summed E-state index contributed by atoms with van der Waals surface area (Å²) in [4.78, 5) is 12.0. The van der Waals surface area contributed by atoms with Crippen molar-refractivity contribution in [2.45, 2.75) is 25.4 Å². The third kappa shape index (κ3) is 4.14. The first-order valence-electron chi connectivity index (χ1n) is 8.74. The Morgan fingerprint density at radius 2 is 2.15 bits per heavy atom. The first kappa shape index (κ1) is 19.0. The third-order valence-corrected chi connectivity index (χ3v) is 5.05. The molecule has 6 nitrogen and oxygen atoms in total. The van der Waals surface area contributed by atoms with Crippen LogP contribution in [0.1, 0.15) is 18.2 Å². The number of amides is 1. The van der Waals surface area contributed by atoms with E-state index in [2.05, 4.69) is 35.1 Å². The van der Waals surface area contributed by atoms with Gasteiger partial charge in [-0.25, -0.2) is 0 Å². The monoisotopic (exact) mass is 382 g/mol. The molecule has 0 spiro atoms. The van der Waals surface area contributed by atoms with Gasteiger partial charge in [0.25, 0.3) is 0 Å². The average molecular weight is 382 g/mol. The fraction of sp³-hybridized carbons (Fsp3) is 0.250. The molecule has 0 aliphatic rings. The predicted octanol–water partition coefficient (Wildman–Crippen LogP) is 3.79. The van der Waals surface area contributed by atoms with Gasteiger partial charge in [0.1, 0.15) is 5.76 Å². The molecule has 0 bridgehead atoms. The number of carbonyl (C=O) groups excluding carboxylic acids is 1. The summed E-state index contributed by atoms with van der Waals surface area (Å²) in [6.45, 7) is 8.07. The number of hydrogen-bond acceptors (Lipinski definition) is 5. The number of benzene rings is 1. The van der Waals surface area contributed by atoms with Gasteiger partial charge in [0, 0.05) is 6.54 Å². The van der Waals surface area contributed by atoms with Crippen LogP contribution in [-0.4, -0.2) is 33.0 Å². The second-order valence-corrected chi connectivity index (χ2v) is 6.84. The summed E-state index contributed by atoms with van der Waals surface area (Å²) < 4.78 is 7.46. The van der Waals surface area contributed by atoms with Crippen molar-refractivity contribution in [3.8, 4) is 17.1 Å². The molecule has 1 N–H and O–H groups in total. The van der Waals surface area contributed by atoms with Crippen LogP contribution >= 0.6 is 11.8 Å². The molecule has 1 amide bonds. The molecule has 0 saturated carbocycles. The Kier molecular flexibility index (Phi) is 6.13. The molecule has 27 heavy (non-hydrogen) atoms. The second-order valence-electron chi connectivity index (χ2n) is 5.90. The first-order valence-corrected chi connectivity index (χ1v) is 9.72. The number of furan rings is 1. The average Bonchev–Trinajstić information content (AvgIpc) is 3.30. The first-order chi connectivity index (χ1) is 13.2. The molecular weight excluding hydrogens is 360 g/mol. The Bertz CT molecular complexity index is 945. The van der Waals surface area contributed by atoms with Crippen molar-refractivity contribution >= 4 is 17.7 Å². The zero-order valence-electron chi connectivity index (χ0n) is 15.4. The molecule has 0 saturated heterocycles. The van der Waals surface area contributed by atoms with E-state index in [1.54, 1.807) is 12.3 Å². The maximum Gasteiger partial charge on any atom is 0.230 e. The third-order valence-electron chi connectivity index (χ3n) is 4.12. The molecule has 2 heterocycles. The van der Waals surface area contributed by atoms with Crippen molar-refractivity contribution in [2.24, 2.45) is 0 Å². The lowest BCUT2D eigenvalue weighted by molar-refractivity contribution is -0.118. The lowest BCUT2D eigenvalue weighted by Gasteiger charge is -2.13. The topological polar surface area (TPSA) is 73.0 Å². The largest absolute Gasteiger partial charge is 0.469 e. The molecular formula is C20H22N4O2S. The zero-order valence-corrected chi connectivity index (χ0v) is 16.3. The minimum atomic E-state index is -0.0701. The fourth-order valence-electron chi connectivity index (χ4n) is 2.77. The molecule has 2 aromatic heterocycles. The number of para-hydroxylation sites is 1. The van der Waals surface area contributed by atoms with Gasteiger partial charge in [0.05, 0.1) is 23.3 Å². The number of hydrogen-bond donors (Lipinski definition) is 1. The van der Waals surface area contributed by atoms with Crippen LogP contribution in [0.15, 0.2) is 58.8 Å². The van der Waals surface area contributed by atoms with Crippen molar-refractivity contribution in [1.29, 1.82) is 0 Å². The normalized spacial score (nSPS) is 10.7. The van der Waals surface area contributed by atoms with E-state index in [0.29, 0.717) is 17.5 Å². The minimum absolute atomic E-state index is 0.0701. The van der Waals surface area contributed by atoms with Gasteiger partial charge in [-0.3, -0.25) is 9.36 Å².